The van der Waals surface area contributed by atoms with Crippen molar-refractivity contribution in [3.05, 3.63) is 60.8 Å². The quantitative estimate of drug-likeness (QED) is 0.374. The van der Waals surface area contributed by atoms with Gasteiger partial charge in [-0.1, -0.05) is 22.8 Å². The molecule has 0 atom stereocenters. The van der Waals surface area contributed by atoms with Gasteiger partial charge in [0.2, 0.25) is 5.91 Å². The second-order valence-corrected chi connectivity index (χ2v) is 8.03. The van der Waals surface area contributed by atoms with Crippen LogP contribution in [0.2, 0.25) is 5.02 Å². The first-order valence-corrected chi connectivity index (χ1v) is 10.2. The molecule has 1 aliphatic heterocycles. The Morgan fingerprint density at radius 1 is 1.39 bits per heavy atom. The van der Waals surface area contributed by atoms with E-state index in [1.54, 1.807) is 13.8 Å². The van der Waals surface area contributed by atoms with Crippen LogP contribution in [0, 0.1) is 24.0 Å². The molecule has 1 aromatic carbocycles. The first-order chi connectivity index (χ1) is 14.7. The monoisotopic (exact) mass is 464 g/mol. The number of halogens is 1. The molecule has 3 amide bonds. The third kappa shape index (κ3) is 5.12. The first-order valence-electron chi connectivity index (χ1n) is 9.05. The normalized spacial score (nSPS) is 15.1. The summed E-state index contributed by atoms with van der Waals surface area (Å²) in [7, 11) is 0. The molecule has 2 aromatic rings. The van der Waals surface area contributed by atoms with Crippen LogP contribution in [-0.4, -0.2) is 45.1 Å². The summed E-state index contributed by atoms with van der Waals surface area (Å²) in [5.41, 5.74) is 1.40. The topological polar surface area (TPSA) is 136 Å². The molecule has 2 heterocycles. The fourth-order valence-corrected chi connectivity index (χ4v) is 3.94. The fraction of sp³-hybridized carbons (Fsp3) is 0.263. The number of nitro benzene ring substituents is 1. The van der Waals surface area contributed by atoms with Crippen LogP contribution in [0.5, 0.6) is 0 Å². The van der Waals surface area contributed by atoms with Gasteiger partial charge < -0.3 is 9.84 Å². The summed E-state index contributed by atoms with van der Waals surface area (Å²) in [5, 5.41) is 17.0. The molecule has 0 bridgehead atoms. The predicted molar refractivity (Wildman–Crippen MR) is 113 cm³/mol. The highest BCUT2D eigenvalue weighted by Gasteiger charge is 2.34. The van der Waals surface area contributed by atoms with Crippen molar-refractivity contribution in [2.45, 2.75) is 20.3 Å². The molecular formula is C19H17ClN4O6S. The number of aromatic nitrogens is 1. The van der Waals surface area contributed by atoms with Gasteiger partial charge in [-0.2, -0.15) is 0 Å². The zero-order valence-electron chi connectivity index (χ0n) is 16.5. The number of nitrogens with one attached hydrogen (secondary N) is 1. The van der Waals surface area contributed by atoms with Gasteiger partial charge in [-0.15, -0.1) is 0 Å². The number of aryl methyl sites for hydroxylation is 2. The van der Waals surface area contributed by atoms with Crippen LogP contribution < -0.4 is 5.32 Å². The molecule has 1 aromatic heterocycles. The third-order valence-electron chi connectivity index (χ3n) is 4.51. The molecule has 1 N–H and O–H groups in total. The van der Waals surface area contributed by atoms with Gasteiger partial charge in [-0.05, 0) is 43.3 Å². The number of nitrogens with zero attached hydrogens (tertiary/aromatic N) is 3. The van der Waals surface area contributed by atoms with Crippen molar-refractivity contribution in [3.8, 4) is 0 Å². The van der Waals surface area contributed by atoms with Gasteiger partial charge >= 0.3 is 0 Å². The Morgan fingerprint density at radius 2 is 2.13 bits per heavy atom. The molecular weight excluding hydrogens is 448 g/mol. The molecule has 12 heteroatoms. The number of thioether (sulfide) groups is 1. The summed E-state index contributed by atoms with van der Waals surface area (Å²) in [6.45, 7) is 3.53. The molecule has 0 radical (unpaired) electrons. The molecule has 0 spiro atoms. The van der Waals surface area contributed by atoms with E-state index in [4.69, 9.17) is 16.1 Å². The van der Waals surface area contributed by atoms with Gasteiger partial charge in [0.05, 0.1) is 21.9 Å². The average Bonchev–Trinajstić information content (AvgIpc) is 3.16. The summed E-state index contributed by atoms with van der Waals surface area (Å²) in [5.74, 6) is -0.260. The van der Waals surface area contributed by atoms with E-state index >= 15 is 0 Å². The SMILES string of the molecule is Cc1noc(C)c1CC(=O)NCCN1C(=O)S/C(=C\c2ccc(Cl)c([N+](=O)[O-])c2)C1=O. The first kappa shape index (κ1) is 22.5. The number of amides is 3. The maximum absolute atomic E-state index is 12.6. The van der Waals surface area contributed by atoms with E-state index in [2.05, 4.69) is 10.5 Å². The van der Waals surface area contributed by atoms with Crippen molar-refractivity contribution < 1.29 is 23.8 Å². The minimum atomic E-state index is -0.628. The Balaban J connectivity index is 1.60. The molecule has 0 aliphatic carbocycles. The van der Waals surface area contributed by atoms with E-state index in [1.165, 1.54) is 24.3 Å². The van der Waals surface area contributed by atoms with Crippen molar-refractivity contribution in [2.24, 2.45) is 0 Å². The van der Waals surface area contributed by atoms with Gasteiger partial charge in [0.15, 0.2) is 0 Å². The van der Waals surface area contributed by atoms with Crippen LogP contribution >= 0.6 is 23.4 Å². The second kappa shape index (κ2) is 9.31. The highest BCUT2D eigenvalue weighted by atomic mass is 35.5. The molecule has 162 valence electrons. The zero-order valence-corrected chi connectivity index (χ0v) is 18.1. The van der Waals surface area contributed by atoms with Crippen molar-refractivity contribution in [1.82, 2.24) is 15.4 Å². The second-order valence-electron chi connectivity index (χ2n) is 6.63. The Morgan fingerprint density at radius 3 is 2.77 bits per heavy atom. The lowest BCUT2D eigenvalue weighted by Gasteiger charge is -2.13. The predicted octanol–water partition coefficient (Wildman–Crippen LogP) is 3.25. The van der Waals surface area contributed by atoms with Crippen molar-refractivity contribution >= 4 is 52.2 Å². The Bertz CT molecular complexity index is 1090. The molecule has 0 saturated carbocycles. The highest BCUT2D eigenvalue weighted by Crippen LogP contribution is 2.33. The molecule has 0 unspecified atom stereocenters. The molecule has 31 heavy (non-hydrogen) atoms. The minimum Gasteiger partial charge on any atom is -0.361 e. The largest absolute Gasteiger partial charge is 0.361 e. The summed E-state index contributed by atoms with van der Waals surface area (Å²) < 4.78 is 5.02. The molecule has 1 fully saturated rings. The Labute approximate surface area is 185 Å². The number of imide groups is 1. The Hall–Kier alpha value is -3.18. The summed E-state index contributed by atoms with van der Waals surface area (Å²) in [6.07, 6.45) is 1.47. The van der Waals surface area contributed by atoms with Gasteiger partial charge in [-0.3, -0.25) is 29.4 Å². The van der Waals surface area contributed by atoms with Gasteiger partial charge in [0.25, 0.3) is 16.8 Å². The van der Waals surface area contributed by atoms with E-state index in [-0.39, 0.29) is 41.0 Å². The van der Waals surface area contributed by atoms with Crippen LogP contribution in [0.15, 0.2) is 27.6 Å². The van der Waals surface area contributed by atoms with E-state index in [9.17, 15) is 24.5 Å². The number of benzene rings is 1. The summed E-state index contributed by atoms with van der Waals surface area (Å²) in [6, 6.07) is 4.09. The Kier molecular flexibility index (Phi) is 6.76. The van der Waals surface area contributed by atoms with Crippen LogP contribution in [0.4, 0.5) is 10.5 Å². The van der Waals surface area contributed by atoms with E-state index in [1.807, 2.05) is 0 Å². The smallest absolute Gasteiger partial charge is 0.293 e. The van der Waals surface area contributed by atoms with Gasteiger partial charge in [0.1, 0.15) is 10.8 Å². The van der Waals surface area contributed by atoms with E-state index in [0.717, 1.165) is 16.7 Å². The lowest BCUT2D eigenvalue weighted by atomic mass is 10.1. The molecule has 10 nitrogen and oxygen atoms in total. The van der Waals surface area contributed by atoms with Crippen molar-refractivity contribution in [3.63, 3.8) is 0 Å². The zero-order chi connectivity index (χ0) is 22.7. The average molecular weight is 465 g/mol. The number of carbonyl (C=O) groups is 3. The number of nitro groups is 1. The van der Waals surface area contributed by atoms with Crippen molar-refractivity contribution in [2.75, 3.05) is 13.1 Å². The molecule has 3 rings (SSSR count). The number of carbonyl (C=O) groups excluding carboxylic acids is 3. The van der Waals surface area contributed by atoms with Gasteiger partial charge in [-0.25, -0.2) is 0 Å². The van der Waals surface area contributed by atoms with E-state index in [0.29, 0.717) is 22.6 Å². The standard InChI is InChI=1S/C19H17ClN4O6S/c1-10-13(11(2)30-22-10)9-17(25)21-5-6-23-18(26)16(31-19(23)27)8-12-3-4-14(20)15(7-12)24(28)29/h3-4,7-8H,5-6,9H2,1-2H3,(H,21,25)/b16-8-. The summed E-state index contributed by atoms with van der Waals surface area (Å²) in [4.78, 5) is 48.4. The number of hydrogen-bond acceptors (Lipinski definition) is 8. The number of hydrogen-bond donors (Lipinski definition) is 1. The maximum atomic E-state index is 12.6. The van der Waals surface area contributed by atoms with Crippen LogP contribution in [0.25, 0.3) is 6.08 Å². The maximum Gasteiger partial charge on any atom is 0.293 e. The third-order valence-corrected chi connectivity index (χ3v) is 5.74. The fourth-order valence-electron chi connectivity index (χ4n) is 2.89. The minimum absolute atomic E-state index is 0.00386. The summed E-state index contributed by atoms with van der Waals surface area (Å²) >= 11 is 6.51. The van der Waals surface area contributed by atoms with E-state index < -0.39 is 16.1 Å². The highest BCUT2D eigenvalue weighted by molar-refractivity contribution is 8.18. The molecule has 1 aliphatic rings. The lowest BCUT2D eigenvalue weighted by Crippen LogP contribution is -2.37. The van der Waals surface area contributed by atoms with Crippen molar-refractivity contribution in [1.29, 1.82) is 0 Å². The lowest BCUT2D eigenvalue weighted by molar-refractivity contribution is -0.384. The van der Waals surface area contributed by atoms with Crippen LogP contribution in [0.1, 0.15) is 22.6 Å². The van der Waals surface area contributed by atoms with Gasteiger partial charge in [0, 0.05) is 24.7 Å². The number of rotatable bonds is 7. The van der Waals surface area contributed by atoms with Crippen LogP contribution in [0.3, 0.4) is 0 Å². The van der Waals surface area contributed by atoms with Crippen LogP contribution in [-0.2, 0) is 16.0 Å². The molecule has 1 saturated heterocycles.